The van der Waals surface area contributed by atoms with E-state index in [1.807, 2.05) is 6.92 Å². The van der Waals surface area contributed by atoms with Crippen molar-refractivity contribution < 1.29 is 31.1 Å². The number of ether oxygens (including phenoxy) is 1. The Labute approximate surface area is 188 Å². The number of pyridine rings is 1. The third-order valence-corrected chi connectivity index (χ3v) is 6.51. The van der Waals surface area contributed by atoms with Gasteiger partial charge in [-0.15, -0.1) is 0 Å². The molecule has 1 aromatic heterocycles. The number of nitrogens with zero attached hydrogens (tertiary/aromatic N) is 2. The molecule has 2 fully saturated rings. The van der Waals surface area contributed by atoms with E-state index >= 15 is 0 Å². The average Bonchev–Trinajstić information content (AvgIpc) is 3.02. The minimum atomic E-state index is -4.43. The Bertz CT molecular complexity index is 943. The number of hydrogen-bond acceptors (Lipinski definition) is 3. The van der Waals surface area contributed by atoms with E-state index in [0.29, 0.717) is 36.4 Å². The minimum absolute atomic E-state index is 0.0755. The molecule has 2 aromatic rings. The predicted octanol–water partition coefficient (Wildman–Crippen LogP) is 7.04. The summed E-state index contributed by atoms with van der Waals surface area (Å²) in [6, 6.07) is 6.26. The van der Waals surface area contributed by atoms with Crippen LogP contribution in [0.2, 0.25) is 0 Å². The molecule has 3 atom stereocenters. The van der Waals surface area contributed by atoms with Gasteiger partial charge >= 0.3 is 12.4 Å². The molecule has 9 heteroatoms. The summed E-state index contributed by atoms with van der Waals surface area (Å²) in [5.74, 6) is 1.01. The van der Waals surface area contributed by atoms with Gasteiger partial charge in [0.2, 0.25) is 0 Å². The lowest BCUT2D eigenvalue weighted by molar-refractivity contribution is -0.138. The third kappa shape index (κ3) is 5.22. The van der Waals surface area contributed by atoms with Crippen LogP contribution in [0.3, 0.4) is 0 Å². The molecule has 0 N–H and O–H groups in total. The Hall–Kier alpha value is -2.45. The highest BCUT2D eigenvalue weighted by molar-refractivity contribution is 5.45. The predicted molar refractivity (Wildman–Crippen MR) is 112 cm³/mol. The molecule has 0 radical (unpaired) electrons. The zero-order valence-electron chi connectivity index (χ0n) is 18.2. The van der Waals surface area contributed by atoms with Crippen LogP contribution in [0.5, 0.6) is 5.75 Å². The van der Waals surface area contributed by atoms with Crippen molar-refractivity contribution in [3.63, 3.8) is 0 Å². The van der Waals surface area contributed by atoms with Crippen molar-refractivity contribution in [1.82, 2.24) is 4.98 Å². The molecular weight excluding hydrogens is 446 g/mol. The summed E-state index contributed by atoms with van der Waals surface area (Å²) < 4.78 is 84.3. The van der Waals surface area contributed by atoms with Gasteiger partial charge in [-0.3, -0.25) is 0 Å². The molecule has 3 nitrogen and oxygen atoms in total. The second-order valence-corrected chi connectivity index (χ2v) is 8.83. The van der Waals surface area contributed by atoms with Gasteiger partial charge in [0.15, 0.2) is 0 Å². The Morgan fingerprint density at radius 1 is 0.939 bits per heavy atom. The van der Waals surface area contributed by atoms with E-state index in [9.17, 15) is 26.3 Å². The van der Waals surface area contributed by atoms with Crippen molar-refractivity contribution >= 4 is 5.82 Å². The highest BCUT2D eigenvalue weighted by Gasteiger charge is 2.43. The number of aryl methyl sites for hydroxylation is 1. The lowest BCUT2D eigenvalue weighted by Gasteiger charge is -2.40. The summed E-state index contributed by atoms with van der Waals surface area (Å²) >= 11 is 0. The van der Waals surface area contributed by atoms with Crippen molar-refractivity contribution in [3.8, 4) is 5.75 Å². The number of hydrogen-bond donors (Lipinski definition) is 0. The molecular formula is C24H26F6N2O. The third-order valence-electron chi connectivity index (χ3n) is 6.51. The molecule has 0 aliphatic carbocycles. The van der Waals surface area contributed by atoms with Crippen molar-refractivity contribution in [2.45, 2.75) is 82.4 Å². The van der Waals surface area contributed by atoms with E-state index in [4.69, 9.17) is 4.74 Å². The lowest BCUT2D eigenvalue weighted by atomic mass is 9.98. The molecule has 33 heavy (non-hydrogen) atoms. The fraction of sp³-hybridized carbons (Fsp3) is 0.542. The Morgan fingerprint density at radius 3 is 2.12 bits per heavy atom. The van der Waals surface area contributed by atoms with E-state index in [0.717, 1.165) is 44.0 Å². The van der Waals surface area contributed by atoms with Gasteiger partial charge in [0.1, 0.15) is 17.7 Å². The van der Waals surface area contributed by atoms with Gasteiger partial charge in [-0.25, -0.2) is 4.98 Å². The van der Waals surface area contributed by atoms with Gasteiger partial charge in [0.05, 0.1) is 11.1 Å². The van der Waals surface area contributed by atoms with E-state index in [2.05, 4.69) is 9.88 Å². The van der Waals surface area contributed by atoms with Crippen LogP contribution in [-0.2, 0) is 18.8 Å². The van der Waals surface area contributed by atoms with Crippen LogP contribution < -0.4 is 9.64 Å². The van der Waals surface area contributed by atoms with Gasteiger partial charge in [0, 0.05) is 31.1 Å². The number of fused-ring (bicyclic) bond motifs is 2. The van der Waals surface area contributed by atoms with Crippen molar-refractivity contribution in [2.24, 2.45) is 0 Å². The summed E-state index contributed by atoms with van der Waals surface area (Å²) in [4.78, 5) is 6.13. The Morgan fingerprint density at radius 2 is 1.58 bits per heavy atom. The van der Waals surface area contributed by atoms with Crippen molar-refractivity contribution in [3.05, 3.63) is 53.2 Å². The van der Waals surface area contributed by atoms with Crippen LogP contribution in [0.4, 0.5) is 32.2 Å². The van der Waals surface area contributed by atoms with Crippen LogP contribution >= 0.6 is 0 Å². The molecule has 0 unspecified atom stereocenters. The van der Waals surface area contributed by atoms with Crippen molar-refractivity contribution in [1.29, 1.82) is 0 Å². The molecule has 180 valence electrons. The molecule has 2 bridgehead atoms. The first-order valence-electron chi connectivity index (χ1n) is 11.2. The Kier molecular flexibility index (Phi) is 6.51. The number of aromatic nitrogens is 1. The topological polar surface area (TPSA) is 25.4 Å². The molecule has 0 saturated carbocycles. The van der Waals surface area contributed by atoms with Crippen LogP contribution in [0.1, 0.15) is 62.1 Å². The van der Waals surface area contributed by atoms with Crippen molar-refractivity contribution in [2.75, 3.05) is 4.90 Å². The number of benzene rings is 1. The number of piperidine rings is 1. The van der Waals surface area contributed by atoms with E-state index in [1.54, 1.807) is 0 Å². The molecule has 0 spiro atoms. The largest absolute Gasteiger partial charge is 0.490 e. The maximum absolute atomic E-state index is 13.2. The van der Waals surface area contributed by atoms with Gasteiger partial charge in [0.25, 0.3) is 0 Å². The molecule has 1 aromatic carbocycles. The fourth-order valence-corrected chi connectivity index (χ4v) is 4.92. The summed E-state index contributed by atoms with van der Waals surface area (Å²) in [6.07, 6.45) is -2.95. The molecule has 4 rings (SSSR count). The number of unbranched alkanes of at least 4 members (excludes halogenated alkanes) is 1. The monoisotopic (exact) mass is 472 g/mol. The zero-order valence-corrected chi connectivity index (χ0v) is 18.2. The second kappa shape index (κ2) is 9.06. The maximum Gasteiger partial charge on any atom is 0.417 e. The summed E-state index contributed by atoms with van der Waals surface area (Å²) in [5, 5.41) is 0. The van der Waals surface area contributed by atoms with Crippen LogP contribution in [-0.4, -0.2) is 23.2 Å². The van der Waals surface area contributed by atoms with Gasteiger partial charge < -0.3 is 9.64 Å². The number of anilines is 1. The number of alkyl halides is 6. The highest BCUT2D eigenvalue weighted by Crippen LogP contribution is 2.41. The van der Waals surface area contributed by atoms with Gasteiger partial charge in [-0.2, -0.15) is 26.3 Å². The molecule has 2 saturated heterocycles. The highest BCUT2D eigenvalue weighted by atomic mass is 19.4. The second-order valence-electron chi connectivity index (χ2n) is 8.83. The number of rotatable bonds is 6. The molecule has 2 aliphatic rings. The normalized spacial score (nSPS) is 23.1. The summed E-state index contributed by atoms with van der Waals surface area (Å²) in [6.45, 7) is 1.98. The zero-order chi connectivity index (χ0) is 23.8. The summed E-state index contributed by atoms with van der Waals surface area (Å²) in [5.41, 5.74) is -0.895. The molecule has 3 heterocycles. The minimum Gasteiger partial charge on any atom is -0.490 e. The first-order chi connectivity index (χ1) is 15.6. The fourth-order valence-electron chi connectivity index (χ4n) is 4.92. The van der Waals surface area contributed by atoms with Gasteiger partial charge in [-0.05, 0) is 61.6 Å². The van der Waals surface area contributed by atoms with E-state index < -0.39 is 23.5 Å². The average molecular weight is 472 g/mol. The Balaban J connectivity index is 1.48. The molecule has 0 amide bonds. The van der Waals surface area contributed by atoms with Crippen LogP contribution in [0, 0.1) is 0 Å². The van der Waals surface area contributed by atoms with Gasteiger partial charge in [-0.1, -0.05) is 13.3 Å². The SMILES string of the molecule is CCCCc1cc(C(F)(F)F)ccc1O[C@H]1C[C@H]2CC[C@@H](C1)N2c1ccc(C(F)(F)F)cn1. The van der Waals surface area contributed by atoms with E-state index in [-0.39, 0.29) is 18.2 Å². The first kappa shape index (κ1) is 23.7. The first-order valence-corrected chi connectivity index (χ1v) is 11.2. The maximum atomic E-state index is 13.2. The quantitative estimate of drug-likeness (QED) is 0.422. The molecule has 2 aliphatic heterocycles. The van der Waals surface area contributed by atoms with E-state index in [1.165, 1.54) is 18.2 Å². The van der Waals surface area contributed by atoms with Crippen LogP contribution in [0.15, 0.2) is 36.5 Å². The smallest absolute Gasteiger partial charge is 0.417 e. The number of halogens is 6. The lowest BCUT2D eigenvalue weighted by Crippen LogP contribution is -2.47. The summed E-state index contributed by atoms with van der Waals surface area (Å²) in [7, 11) is 0. The van der Waals surface area contributed by atoms with Crippen LogP contribution in [0.25, 0.3) is 0 Å². The standard InChI is InChI=1S/C24H26F6N2O/c1-2-3-4-15-11-16(23(25,26)27)5-9-21(15)33-20-12-18-7-8-19(13-20)32(18)22-10-6-17(14-31-22)24(28,29)30/h5-6,9-11,14,18-20H,2-4,7-8,12-13H2,1H3/t18-,19+,20+.